The quantitative estimate of drug-likeness (QED) is 0.608. The first-order chi connectivity index (χ1) is 13.6. The molecule has 0 spiro atoms. The molecule has 3 aromatic rings. The van der Waals surface area contributed by atoms with Gasteiger partial charge in [0.15, 0.2) is 0 Å². The molecule has 9 heteroatoms. The minimum absolute atomic E-state index is 0.134. The Labute approximate surface area is 166 Å². The summed E-state index contributed by atoms with van der Waals surface area (Å²) in [4.78, 5) is 10.9. The smallest absolute Gasteiger partial charge is 0.324 e. The van der Waals surface area contributed by atoms with E-state index in [0.717, 1.165) is 29.0 Å². The van der Waals surface area contributed by atoms with Crippen LogP contribution in [-0.4, -0.2) is 26.3 Å². The van der Waals surface area contributed by atoms with Crippen LogP contribution in [0.5, 0.6) is 0 Å². The topological polar surface area (TPSA) is 60.0 Å². The standard InChI is InChI=1S/C20H19F3N6/c1-13-7-14(15-10-26-29(11-15)19(2,3)12-24-4)9-16(8-13)27-18-25-6-5-17(28-18)20(21,22)23/h5-11H,12H2,1-3H3,(H,25,27,28). The Hall–Kier alpha value is -3.41. The molecule has 0 aliphatic rings. The lowest BCUT2D eigenvalue weighted by atomic mass is 10.0. The largest absolute Gasteiger partial charge is 0.433 e. The Morgan fingerprint density at radius 1 is 1.17 bits per heavy atom. The molecule has 3 rings (SSSR count). The van der Waals surface area contributed by atoms with Gasteiger partial charge in [0.1, 0.15) is 11.2 Å². The normalized spacial score (nSPS) is 11.9. The number of aryl methyl sites for hydroxylation is 1. The number of hydrogen-bond acceptors (Lipinski definition) is 4. The molecule has 0 saturated heterocycles. The fraction of sp³-hybridized carbons (Fsp3) is 0.300. The van der Waals surface area contributed by atoms with Crippen LogP contribution in [0, 0.1) is 13.5 Å². The molecule has 29 heavy (non-hydrogen) atoms. The first-order valence-electron chi connectivity index (χ1n) is 8.76. The molecule has 2 aromatic heterocycles. The van der Waals surface area contributed by atoms with Gasteiger partial charge in [-0.25, -0.2) is 16.5 Å². The van der Waals surface area contributed by atoms with E-state index < -0.39 is 17.4 Å². The highest BCUT2D eigenvalue weighted by molar-refractivity contribution is 5.70. The third-order valence-corrected chi connectivity index (χ3v) is 4.28. The Morgan fingerprint density at radius 2 is 1.93 bits per heavy atom. The number of rotatable bonds is 5. The van der Waals surface area contributed by atoms with Crippen molar-refractivity contribution in [1.82, 2.24) is 19.7 Å². The number of aromatic nitrogens is 4. The van der Waals surface area contributed by atoms with Crippen molar-refractivity contribution in [2.75, 3.05) is 11.9 Å². The summed E-state index contributed by atoms with van der Waals surface area (Å²) in [7, 11) is 0. The van der Waals surface area contributed by atoms with Crippen molar-refractivity contribution in [3.8, 4) is 11.1 Å². The summed E-state index contributed by atoms with van der Waals surface area (Å²) in [6.45, 7) is 13.1. The highest BCUT2D eigenvalue weighted by Crippen LogP contribution is 2.30. The maximum absolute atomic E-state index is 12.9. The fourth-order valence-electron chi connectivity index (χ4n) is 2.80. The molecule has 2 heterocycles. The van der Waals surface area contributed by atoms with E-state index in [1.165, 1.54) is 0 Å². The van der Waals surface area contributed by atoms with Gasteiger partial charge < -0.3 is 10.2 Å². The molecule has 0 atom stereocenters. The van der Waals surface area contributed by atoms with Gasteiger partial charge in [-0.3, -0.25) is 4.68 Å². The summed E-state index contributed by atoms with van der Waals surface area (Å²) < 4.78 is 40.3. The van der Waals surface area contributed by atoms with E-state index in [1.807, 2.05) is 33.0 Å². The number of anilines is 2. The molecule has 0 saturated carbocycles. The lowest BCUT2D eigenvalue weighted by Gasteiger charge is -2.18. The Balaban J connectivity index is 1.90. The van der Waals surface area contributed by atoms with Crippen molar-refractivity contribution in [3.63, 3.8) is 0 Å². The number of hydrogen-bond donors (Lipinski definition) is 1. The van der Waals surface area contributed by atoms with Crippen molar-refractivity contribution in [3.05, 3.63) is 65.5 Å². The van der Waals surface area contributed by atoms with Crippen LogP contribution in [-0.2, 0) is 11.7 Å². The van der Waals surface area contributed by atoms with Crippen LogP contribution in [0.15, 0.2) is 42.9 Å². The molecule has 0 bridgehead atoms. The molecule has 0 aliphatic carbocycles. The average molecular weight is 400 g/mol. The number of alkyl halides is 3. The molecule has 0 aliphatic heterocycles. The Morgan fingerprint density at radius 3 is 2.62 bits per heavy atom. The van der Waals surface area contributed by atoms with Crippen molar-refractivity contribution >= 4 is 11.6 Å². The van der Waals surface area contributed by atoms with Gasteiger partial charge in [-0.1, -0.05) is 6.07 Å². The Bertz CT molecular complexity index is 1060. The summed E-state index contributed by atoms with van der Waals surface area (Å²) in [6.07, 6.45) is 0.0811. The van der Waals surface area contributed by atoms with Crippen LogP contribution in [0.4, 0.5) is 24.8 Å². The van der Waals surface area contributed by atoms with E-state index in [-0.39, 0.29) is 5.95 Å². The van der Waals surface area contributed by atoms with Crippen molar-refractivity contribution < 1.29 is 13.2 Å². The van der Waals surface area contributed by atoms with Gasteiger partial charge >= 0.3 is 6.18 Å². The lowest BCUT2D eigenvalue weighted by Crippen LogP contribution is -2.29. The maximum Gasteiger partial charge on any atom is 0.433 e. The van der Waals surface area contributed by atoms with Crippen LogP contribution in [0.3, 0.4) is 0 Å². The summed E-state index contributed by atoms with van der Waals surface area (Å²) in [5.74, 6) is -0.134. The summed E-state index contributed by atoms with van der Waals surface area (Å²) in [5.41, 5.74) is 1.68. The van der Waals surface area contributed by atoms with E-state index in [0.29, 0.717) is 12.2 Å². The average Bonchev–Trinajstić information content (AvgIpc) is 3.12. The predicted molar refractivity (Wildman–Crippen MR) is 104 cm³/mol. The SMILES string of the molecule is [C-]#[N+]CC(C)(C)n1cc(-c2cc(C)cc(Nc3nccc(C(F)(F)F)n3)c2)cn1. The van der Waals surface area contributed by atoms with Gasteiger partial charge in [-0.15, -0.1) is 0 Å². The number of nitrogens with zero attached hydrogens (tertiary/aromatic N) is 5. The minimum Gasteiger partial charge on any atom is -0.324 e. The van der Waals surface area contributed by atoms with Gasteiger partial charge in [-0.2, -0.15) is 18.3 Å². The molecule has 0 amide bonds. The highest BCUT2D eigenvalue weighted by Gasteiger charge is 2.32. The van der Waals surface area contributed by atoms with E-state index in [9.17, 15) is 13.2 Å². The van der Waals surface area contributed by atoms with Crippen molar-refractivity contribution in [1.29, 1.82) is 0 Å². The number of nitrogens with one attached hydrogen (secondary N) is 1. The predicted octanol–water partition coefficient (Wildman–Crippen LogP) is 5.07. The molecule has 1 N–H and O–H groups in total. The summed E-state index contributed by atoms with van der Waals surface area (Å²) >= 11 is 0. The fourth-order valence-corrected chi connectivity index (χ4v) is 2.80. The van der Waals surface area contributed by atoms with E-state index in [2.05, 4.69) is 25.2 Å². The maximum atomic E-state index is 12.9. The number of benzene rings is 1. The second-order valence-electron chi connectivity index (χ2n) is 7.28. The lowest BCUT2D eigenvalue weighted by molar-refractivity contribution is -0.141. The van der Waals surface area contributed by atoms with Gasteiger partial charge in [0.2, 0.25) is 12.5 Å². The second-order valence-corrected chi connectivity index (χ2v) is 7.28. The van der Waals surface area contributed by atoms with E-state index in [4.69, 9.17) is 6.57 Å². The number of halogens is 3. The van der Waals surface area contributed by atoms with Gasteiger partial charge in [0.25, 0.3) is 0 Å². The highest BCUT2D eigenvalue weighted by atomic mass is 19.4. The van der Waals surface area contributed by atoms with Crippen molar-refractivity contribution in [2.24, 2.45) is 0 Å². The van der Waals surface area contributed by atoms with Gasteiger partial charge in [0.05, 0.1) is 6.20 Å². The molecule has 0 fully saturated rings. The summed E-state index contributed by atoms with van der Waals surface area (Å²) in [6, 6.07) is 6.35. The molecule has 0 unspecified atom stereocenters. The van der Waals surface area contributed by atoms with Crippen LogP contribution >= 0.6 is 0 Å². The second kappa shape index (κ2) is 7.54. The zero-order chi connectivity index (χ0) is 21.2. The Kier molecular flexibility index (Phi) is 5.29. The molecular formula is C20H19F3N6. The minimum atomic E-state index is -4.54. The van der Waals surface area contributed by atoms with Crippen LogP contribution in [0.1, 0.15) is 25.1 Å². The van der Waals surface area contributed by atoms with Crippen LogP contribution in [0.25, 0.3) is 16.0 Å². The summed E-state index contributed by atoms with van der Waals surface area (Å²) in [5, 5.41) is 7.20. The van der Waals surface area contributed by atoms with E-state index in [1.54, 1.807) is 23.0 Å². The molecule has 150 valence electrons. The van der Waals surface area contributed by atoms with Gasteiger partial charge in [-0.05, 0) is 50.1 Å². The molecule has 1 aromatic carbocycles. The van der Waals surface area contributed by atoms with Crippen molar-refractivity contribution in [2.45, 2.75) is 32.5 Å². The monoisotopic (exact) mass is 400 g/mol. The zero-order valence-electron chi connectivity index (χ0n) is 16.1. The first-order valence-corrected chi connectivity index (χ1v) is 8.76. The zero-order valence-corrected chi connectivity index (χ0v) is 16.1. The van der Waals surface area contributed by atoms with Crippen LogP contribution < -0.4 is 5.32 Å². The molecule has 6 nitrogen and oxygen atoms in total. The first kappa shape index (κ1) is 20.3. The third kappa shape index (κ3) is 4.71. The van der Waals surface area contributed by atoms with E-state index >= 15 is 0 Å². The molecular weight excluding hydrogens is 381 g/mol. The molecule has 0 radical (unpaired) electrons. The van der Waals surface area contributed by atoms with Gasteiger partial charge in [0, 0.05) is 23.6 Å². The van der Waals surface area contributed by atoms with Crippen LogP contribution in [0.2, 0.25) is 0 Å². The third-order valence-electron chi connectivity index (χ3n) is 4.28.